The summed E-state index contributed by atoms with van der Waals surface area (Å²) in [4.78, 5) is 108. The first-order valence-corrected chi connectivity index (χ1v) is 50.4. The Bertz CT molecular complexity index is 5740. The summed E-state index contributed by atoms with van der Waals surface area (Å²) in [5.41, 5.74) is 7.14. The minimum atomic E-state index is -1.01. The van der Waals surface area contributed by atoms with Crippen LogP contribution in [0, 0.1) is 46.5 Å². The van der Waals surface area contributed by atoms with Crippen LogP contribution in [0.4, 0.5) is 35.1 Å². The Kier molecular flexibility index (Phi) is 41.2. The van der Waals surface area contributed by atoms with Gasteiger partial charge in [-0.25, -0.2) is 35.1 Å². The standard InChI is InChI=1S/4C28H25Cl2F2NO4/c4*1-2-3-25(36-16-34)33-26(18-6-9-20(29)10-7-18)27(19-8-13-22(30)23(32)15-19)37-24(28(33)35)14-17-4-11-21(31)12-5-17/h4*4-13,15-16,24-27H,2-3,14H2,1H3/t2*24-,25+,26+,27-;2*24-,25-,26+,27-/m1010/s1. The zero-order valence-electron chi connectivity index (χ0n) is 79.8. The second-order valence-corrected chi connectivity index (χ2v) is 38.4. The fourth-order valence-electron chi connectivity index (χ4n) is 18.3. The molecule has 16 atom stereocenters. The van der Waals surface area contributed by atoms with Crippen LogP contribution in [0.1, 0.15) is 194 Å². The van der Waals surface area contributed by atoms with Crippen molar-refractivity contribution in [2.75, 3.05) is 0 Å². The molecule has 0 unspecified atom stereocenters. The van der Waals surface area contributed by atoms with E-state index in [0.717, 1.165) is 0 Å². The molecule has 36 heteroatoms. The monoisotopic (exact) mass is 2190 g/mol. The number of rotatable bonds is 36. The molecule has 4 fully saturated rings. The van der Waals surface area contributed by atoms with Gasteiger partial charge in [-0.3, -0.25) is 58.0 Å². The maximum absolute atomic E-state index is 14.6. The van der Waals surface area contributed by atoms with Crippen molar-refractivity contribution in [3.63, 3.8) is 0 Å². The van der Waals surface area contributed by atoms with Gasteiger partial charge in [0.1, 0.15) is 95.4 Å². The third-order valence-electron chi connectivity index (χ3n) is 25.2. The number of carbonyl (C=O) groups is 8. The van der Waals surface area contributed by atoms with Crippen molar-refractivity contribution in [1.29, 1.82) is 0 Å². The molecule has 12 aromatic rings. The van der Waals surface area contributed by atoms with Gasteiger partial charge in [0.25, 0.3) is 49.5 Å². The molecule has 776 valence electrons. The van der Waals surface area contributed by atoms with Gasteiger partial charge in [0.15, 0.2) is 24.9 Å². The maximum atomic E-state index is 14.6. The number of carbonyl (C=O) groups excluding carboxylic acids is 8. The molecule has 16 rings (SSSR count). The fraction of sp³-hybridized carbons (Fsp3) is 0.286. The Hall–Kier alpha value is -12.0. The molecule has 4 aliphatic heterocycles. The number of halogens is 16. The summed E-state index contributed by atoms with van der Waals surface area (Å²) in [5.74, 6) is -5.77. The number of ether oxygens (including phenoxy) is 8. The SMILES string of the molecule is CCC[C@@H](OC=O)N1C(=O)[C@@H](Cc2ccc(F)cc2)O[C@H](c2ccc(Cl)c(F)c2)[C@@H]1c1ccc(Cl)cc1.CCC[C@@H](OC=O)N1C(=O)[C@H](Cc2ccc(F)cc2)O[C@@H](c2ccc(Cl)c(F)c2)[C@H]1c1ccc(Cl)cc1.CCC[C@H](OC=O)N1C(=O)[C@@H](Cc2ccc(F)cc2)O[C@H](c2ccc(Cl)c(F)c2)[C@@H]1c1ccc(Cl)cc1.CCC[C@H](OC=O)N1C(=O)[C@H](Cc2ccc(F)cc2)O[C@@H](c2ccc(Cl)c(F)c2)[C@H]1c1ccc(Cl)cc1. The van der Waals surface area contributed by atoms with Crippen LogP contribution in [-0.2, 0) is 102 Å². The van der Waals surface area contributed by atoms with E-state index in [1.807, 2.05) is 27.7 Å². The van der Waals surface area contributed by atoms with Crippen molar-refractivity contribution in [1.82, 2.24) is 19.6 Å². The zero-order chi connectivity index (χ0) is 106. The molecule has 148 heavy (non-hydrogen) atoms. The molecular weight excluding hydrogens is 2090 g/mol. The van der Waals surface area contributed by atoms with Crippen molar-refractivity contribution in [2.45, 2.75) is 203 Å². The van der Waals surface area contributed by atoms with E-state index < -0.39 is 168 Å². The van der Waals surface area contributed by atoms with E-state index in [4.69, 9.17) is 131 Å². The van der Waals surface area contributed by atoms with Crippen LogP contribution >= 0.6 is 92.8 Å². The summed E-state index contributed by atoms with van der Waals surface area (Å²) in [6.07, 6.45) is -6.44. The largest absolute Gasteiger partial charge is 0.444 e. The van der Waals surface area contributed by atoms with E-state index in [2.05, 4.69) is 0 Å². The summed E-state index contributed by atoms with van der Waals surface area (Å²) in [7, 11) is 0. The van der Waals surface area contributed by atoms with E-state index >= 15 is 0 Å². The van der Waals surface area contributed by atoms with E-state index in [-0.39, 0.29) is 45.8 Å². The van der Waals surface area contributed by atoms with Gasteiger partial charge in [-0.15, -0.1) is 0 Å². The normalized spacial score (nSPS) is 20.5. The van der Waals surface area contributed by atoms with E-state index in [9.17, 15) is 73.5 Å². The second-order valence-electron chi connectivity index (χ2n) is 35.1. The summed E-state index contributed by atoms with van der Waals surface area (Å²) >= 11 is 48.2. The molecule has 4 heterocycles. The molecule has 0 radical (unpaired) electrons. The van der Waals surface area contributed by atoms with E-state index in [0.29, 0.717) is 164 Å². The van der Waals surface area contributed by atoms with Crippen molar-refractivity contribution in [3.05, 3.63) is 420 Å². The number of nitrogens with zero attached hydrogens (tertiary/aromatic N) is 4. The number of hydrogen-bond donors (Lipinski definition) is 0. The average Bonchev–Trinajstić information content (AvgIpc) is 0.764. The Morgan fingerprint density at radius 3 is 0.581 bits per heavy atom. The lowest BCUT2D eigenvalue weighted by Gasteiger charge is -2.47. The van der Waals surface area contributed by atoms with Gasteiger partial charge in [0.05, 0.1) is 44.3 Å². The quantitative estimate of drug-likeness (QED) is 0.0202. The minimum Gasteiger partial charge on any atom is -0.444 e. The van der Waals surface area contributed by atoms with Gasteiger partial charge in [0, 0.05) is 71.5 Å². The van der Waals surface area contributed by atoms with Gasteiger partial charge in [-0.2, -0.15) is 0 Å². The first kappa shape index (κ1) is 113. The van der Waals surface area contributed by atoms with Crippen molar-refractivity contribution >= 4 is 142 Å². The summed E-state index contributed by atoms with van der Waals surface area (Å²) in [5, 5.41) is 1.79. The highest BCUT2D eigenvalue weighted by molar-refractivity contribution is 6.33. The van der Waals surface area contributed by atoms with Crippen LogP contribution in [0.25, 0.3) is 0 Å². The minimum absolute atomic E-state index is 0.0495. The van der Waals surface area contributed by atoms with Gasteiger partial charge < -0.3 is 37.9 Å². The first-order valence-electron chi connectivity index (χ1n) is 47.3. The lowest BCUT2D eigenvalue weighted by Crippen LogP contribution is -2.56. The van der Waals surface area contributed by atoms with Crippen LogP contribution in [0.15, 0.2) is 267 Å². The van der Waals surface area contributed by atoms with Gasteiger partial charge in [-0.1, -0.05) is 268 Å². The third kappa shape index (κ3) is 28.6. The number of hydrogen-bond acceptors (Lipinski definition) is 16. The molecule has 4 saturated heterocycles. The highest BCUT2D eigenvalue weighted by Crippen LogP contribution is 2.51. The van der Waals surface area contributed by atoms with Gasteiger partial charge in [-0.05, 0) is 212 Å². The smallest absolute Gasteiger partial charge is 0.295 e. The zero-order valence-corrected chi connectivity index (χ0v) is 85.9. The number of benzene rings is 12. The molecule has 0 aromatic heterocycles. The lowest BCUT2D eigenvalue weighted by atomic mass is 9.90. The molecular formula is C112H100Cl8F8N4O16. The summed E-state index contributed by atoms with van der Waals surface area (Å²) in [6, 6.07) is 64.7. The highest BCUT2D eigenvalue weighted by Gasteiger charge is 2.53. The Morgan fingerprint density at radius 1 is 0.257 bits per heavy atom. The molecule has 20 nitrogen and oxygen atoms in total. The lowest BCUT2D eigenvalue weighted by molar-refractivity contribution is -0.199. The summed E-state index contributed by atoms with van der Waals surface area (Å²) in [6.45, 7) is 8.89. The predicted molar refractivity (Wildman–Crippen MR) is 544 cm³/mol. The molecule has 12 aromatic carbocycles. The van der Waals surface area contributed by atoms with Crippen LogP contribution < -0.4 is 0 Å². The summed E-state index contributed by atoms with van der Waals surface area (Å²) < 4.78 is 159. The Balaban J connectivity index is 0.000000165. The number of amides is 4. The molecule has 0 bridgehead atoms. The topological polar surface area (TPSA) is 223 Å². The molecule has 4 amide bonds. The number of morpholine rings is 4. The van der Waals surface area contributed by atoms with Crippen molar-refractivity contribution < 1.29 is 111 Å². The maximum Gasteiger partial charge on any atom is 0.295 e. The first-order chi connectivity index (χ1) is 71.3. The van der Waals surface area contributed by atoms with Gasteiger partial charge >= 0.3 is 0 Å². The van der Waals surface area contributed by atoms with Crippen molar-refractivity contribution in [3.8, 4) is 0 Å². The third-order valence-corrected chi connectivity index (χ3v) is 27.4. The fourth-order valence-corrected chi connectivity index (χ4v) is 19.3. The molecule has 0 aliphatic carbocycles. The van der Waals surface area contributed by atoms with Crippen molar-refractivity contribution in [2.24, 2.45) is 0 Å². The average molecular weight is 2190 g/mol. The molecule has 0 saturated carbocycles. The Labute approximate surface area is 890 Å². The van der Waals surface area contributed by atoms with Crippen LogP contribution in [0.2, 0.25) is 40.2 Å². The Morgan fingerprint density at radius 2 is 0.426 bits per heavy atom. The molecule has 4 aliphatic rings. The van der Waals surface area contributed by atoms with Crippen LogP contribution in [0.3, 0.4) is 0 Å². The molecule has 0 N–H and O–H groups in total. The molecule has 0 spiro atoms. The van der Waals surface area contributed by atoms with E-state index in [1.54, 1.807) is 170 Å². The highest BCUT2D eigenvalue weighted by atomic mass is 35.5. The van der Waals surface area contributed by atoms with Crippen LogP contribution in [0.5, 0.6) is 0 Å². The van der Waals surface area contributed by atoms with Gasteiger partial charge in [0.2, 0.25) is 0 Å². The van der Waals surface area contributed by atoms with Crippen LogP contribution in [-0.4, -0.2) is 118 Å². The second kappa shape index (κ2) is 53.9. The predicted octanol–water partition coefficient (Wildman–Crippen LogP) is 27.3. The van der Waals surface area contributed by atoms with E-state index in [1.165, 1.54) is 117 Å².